The van der Waals surface area contributed by atoms with E-state index in [9.17, 15) is 4.79 Å². The van der Waals surface area contributed by atoms with E-state index in [0.29, 0.717) is 17.9 Å². The summed E-state index contributed by atoms with van der Waals surface area (Å²) >= 11 is 0. The number of nitrogens with zero attached hydrogens (tertiary/aromatic N) is 1. The Morgan fingerprint density at radius 2 is 1.90 bits per heavy atom. The molecule has 1 aliphatic heterocycles. The fourth-order valence-corrected chi connectivity index (χ4v) is 4.35. The summed E-state index contributed by atoms with van der Waals surface area (Å²) in [7, 11) is 2.06. The Kier molecular flexibility index (Phi) is 5.48. The van der Waals surface area contributed by atoms with Crippen molar-refractivity contribution in [3.8, 4) is 0 Å². The van der Waals surface area contributed by atoms with Crippen molar-refractivity contribution in [3.05, 3.63) is 0 Å². The average molecular weight is 280 g/mol. The zero-order chi connectivity index (χ0) is 14.6. The summed E-state index contributed by atoms with van der Waals surface area (Å²) < 4.78 is 0. The van der Waals surface area contributed by atoms with E-state index >= 15 is 0 Å². The van der Waals surface area contributed by atoms with E-state index in [1.165, 1.54) is 25.7 Å². The van der Waals surface area contributed by atoms with Crippen LogP contribution in [0.2, 0.25) is 0 Å². The summed E-state index contributed by atoms with van der Waals surface area (Å²) in [6.07, 6.45) is 9.31. The molecule has 20 heavy (non-hydrogen) atoms. The van der Waals surface area contributed by atoms with Crippen molar-refractivity contribution in [2.45, 2.75) is 71.3 Å². The van der Waals surface area contributed by atoms with Crippen LogP contribution in [0.5, 0.6) is 0 Å². The van der Waals surface area contributed by atoms with Crippen LogP contribution in [-0.4, -0.2) is 37.0 Å². The van der Waals surface area contributed by atoms with Crippen molar-refractivity contribution >= 4 is 5.91 Å². The highest BCUT2D eigenvalue weighted by atomic mass is 16.2. The zero-order valence-corrected chi connectivity index (χ0v) is 13.6. The zero-order valence-electron chi connectivity index (χ0n) is 13.6. The monoisotopic (exact) mass is 280 g/mol. The van der Waals surface area contributed by atoms with Crippen LogP contribution in [0.15, 0.2) is 0 Å². The van der Waals surface area contributed by atoms with Crippen LogP contribution in [0.25, 0.3) is 0 Å². The van der Waals surface area contributed by atoms with Crippen LogP contribution < -0.4 is 5.32 Å². The number of amides is 1. The second-order valence-corrected chi connectivity index (χ2v) is 7.03. The first-order valence-electron chi connectivity index (χ1n) is 8.59. The molecule has 0 aromatic rings. The Hall–Kier alpha value is -0.570. The molecule has 0 aromatic carbocycles. The van der Waals surface area contributed by atoms with Crippen LogP contribution in [0.3, 0.4) is 0 Å². The van der Waals surface area contributed by atoms with Gasteiger partial charge in [0.1, 0.15) is 0 Å². The van der Waals surface area contributed by atoms with E-state index in [4.69, 9.17) is 0 Å². The molecule has 116 valence electrons. The summed E-state index contributed by atoms with van der Waals surface area (Å²) in [5, 5.41) is 3.41. The predicted molar refractivity (Wildman–Crippen MR) is 83.6 cm³/mol. The Morgan fingerprint density at radius 3 is 2.50 bits per heavy atom. The number of rotatable bonds is 4. The largest absolute Gasteiger partial charge is 0.342 e. The lowest BCUT2D eigenvalue weighted by Crippen LogP contribution is -2.52. The minimum Gasteiger partial charge on any atom is -0.342 e. The molecule has 1 amide bonds. The molecule has 2 aliphatic rings. The molecule has 3 nitrogen and oxygen atoms in total. The fraction of sp³-hybridized carbons (Fsp3) is 0.941. The summed E-state index contributed by atoms with van der Waals surface area (Å²) in [4.78, 5) is 15.3. The molecule has 0 spiro atoms. The first-order valence-corrected chi connectivity index (χ1v) is 8.59. The maximum absolute atomic E-state index is 13.2. The van der Waals surface area contributed by atoms with Gasteiger partial charge in [-0.15, -0.1) is 0 Å². The van der Waals surface area contributed by atoms with Gasteiger partial charge < -0.3 is 10.2 Å². The van der Waals surface area contributed by atoms with E-state index in [0.717, 1.165) is 38.8 Å². The number of carbonyl (C=O) groups excluding carboxylic acids is 1. The van der Waals surface area contributed by atoms with Gasteiger partial charge in [-0.25, -0.2) is 0 Å². The van der Waals surface area contributed by atoms with Gasteiger partial charge in [0, 0.05) is 13.1 Å². The summed E-state index contributed by atoms with van der Waals surface area (Å²) in [5.74, 6) is 1.10. The topological polar surface area (TPSA) is 32.3 Å². The molecule has 2 rings (SSSR count). The third kappa shape index (κ3) is 3.19. The maximum atomic E-state index is 13.2. The third-order valence-corrected chi connectivity index (χ3v) is 5.63. The molecule has 1 saturated carbocycles. The van der Waals surface area contributed by atoms with Crippen LogP contribution in [0, 0.1) is 11.3 Å². The van der Waals surface area contributed by atoms with Gasteiger partial charge in [-0.05, 0) is 51.1 Å². The van der Waals surface area contributed by atoms with Crippen molar-refractivity contribution < 1.29 is 4.79 Å². The van der Waals surface area contributed by atoms with Gasteiger partial charge in [0.05, 0.1) is 5.41 Å². The molecular formula is C17H32N2O. The average Bonchev–Trinajstić information content (AvgIpc) is 2.47. The molecule has 0 aromatic heterocycles. The minimum absolute atomic E-state index is 0.0775. The van der Waals surface area contributed by atoms with Crippen molar-refractivity contribution in [1.82, 2.24) is 10.2 Å². The summed E-state index contributed by atoms with van der Waals surface area (Å²) in [6.45, 7) is 6.53. The van der Waals surface area contributed by atoms with Crippen molar-refractivity contribution in [2.24, 2.45) is 11.3 Å². The number of piperidine rings is 1. The fourth-order valence-electron chi connectivity index (χ4n) is 4.35. The van der Waals surface area contributed by atoms with Gasteiger partial charge in [-0.2, -0.15) is 0 Å². The molecule has 0 bridgehead atoms. The Balaban J connectivity index is 2.09. The highest BCUT2D eigenvalue weighted by molar-refractivity contribution is 5.83. The molecule has 2 fully saturated rings. The van der Waals surface area contributed by atoms with Crippen LogP contribution in [0.1, 0.15) is 65.2 Å². The summed E-state index contributed by atoms with van der Waals surface area (Å²) in [5.41, 5.74) is -0.0775. The molecule has 2 unspecified atom stereocenters. The van der Waals surface area contributed by atoms with Gasteiger partial charge in [0.15, 0.2) is 0 Å². The minimum atomic E-state index is -0.0775. The van der Waals surface area contributed by atoms with E-state index in [-0.39, 0.29) is 5.41 Å². The molecular weight excluding hydrogens is 248 g/mol. The second kappa shape index (κ2) is 6.93. The van der Waals surface area contributed by atoms with E-state index in [1.54, 1.807) is 0 Å². The maximum Gasteiger partial charge on any atom is 0.228 e. The van der Waals surface area contributed by atoms with E-state index in [1.807, 2.05) is 0 Å². The highest BCUT2D eigenvalue weighted by Crippen LogP contribution is 2.38. The molecule has 3 heteroatoms. The summed E-state index contributed by atoms with van der Waals surface area (Å²) in [6, 6.07) is 0.472. The van der Waals surface area contributed by atoms with Gasteiger partial charge in [0.2, 0.25) is 5.91 Å². The van der Waals surface area contributed by atoms with Gasteiger partial charge >= 0.3 is 0 Å². The van der Waals surface area contributed by atoms with E-state index in [2.05, 4.69) is 31.1 Å². The normalized spacial score (nSPS) is 29.9. The van der Waals surface area contributed by atoms with Gasteiger partial charge in [0.25, 0.3) is 0 Å². The number of hydrogen-bond donors (Lipinski definition) is 1. The molecule has 1 saturated heterocycles. The highest BCUT2D eigenvalue weighted by Gasteiger charge is 2.42. The molecule has 1 heterocycles. The molecule has 1 aliphatic carbocycles. The van der Waals surface area contributed by atoms with Crippen molar-refractivity contribution in [2.75, 3.05) is 20.1 Å². The predicted octanol–water partition coefficient (Wildman–Crippen LogP) is 3.19. The van der Waals surface area contributed by atoms with E-state index < -0.39 is 0 Å². The van der Waals surface area contributed by atoms with Gasteiger partial charge in [-0.3, -0.25) is 4.79 Å². The number of hydrogen-bond acceptors (Lipinski definition) is 2. The standard InChI is InChI=1S/C17H32N2O/c1-4-9-17(10-12-18-13-11-17)16(20)19(3)15-8-6-5-7-14(15)2/h14-15,18H,4-13H2,1-3H3. The smallest absolute Gasteiger partial charge is 0.228 e. The lowest BCUT2D eigenvalue weighted by Gasteiger charge is -2.44. The van der Waals surface area contributed by atoms with Crippen LogP contribution in [-0.2, 0) is 4.79 Å². The molecule has 0 radical (unpaired) electrons. The second-order valence-electron chi connectivity index (χ2n) is 7.03. The van der Waals surface area contributed by atoms with Crippen LogP contribution in [0.4, 0.5) is 0 Å². The number of nitrogens with one attached hydrogen (secondary N) is 1. The van der Waals surface area contributed by atoms with Crippen molar-refractivity contribution in [3.63, 3.8) is 0 Å². The van der Waals surface area contributed by atoms with Crippen LogP contribution >= 0.6 is 0 Å². The molecule has 1 N–H and O–H groups in total. The Labute approximate surface area is 124 Å². The first kappa shape index (κ1) is 15.8. The SMILES string of the molecule is CCCC1(C(=O)N(C)C2CCCCC2C)CCNCC1. The number of carbonyl (C=O) groups is 1. The Bertz CT molecular complexity index is 317. The van der Waals surface area contributed by atoms with Crippen molar-refractivity contribution in [1.29, 1.82) is 0 Å². The Morgan fingerprint density at radius 1 is 1.25 bits per heavy atom. The third-order valence-electron chi connectivity index (χ3n) is 5.63. The molecule has 2 atom stereocenters. The van der Waals surface area contributed by atoms with Gasteiger partial charge in [-0.1, -0.05) is 33.1 Å². The quantitative estimate of drug-likeness (QED) is 0.857. The lowest BCUT2D eigenvalue weighted by molar-refractivity contribution is -0.147. The first-order chi connectivity index (χ1) is 9.60. The lowest BCUT2D eigenvalue weighted by atomic mass is 9.73.